The molecule has 2 aromatic rings. The number of para-hydroxylation sites is 1. The van der Waals surface area contributed by atoms with Crippen molar-refractivity contribution in [3.8, 4) is 6.07 Å². The maximum Gasteiger partial charge on any atom is 0.237 e. The quantitative estimate of drug-likeness (QED) is 0.801. The predicted octanol–water partition coefficient (Wildman–Crippen LogP) is 3.51. The highest BCUT2D eigenvalue weighted by Crippen LogP contribution is 2.31. The molecule has 1 amide bonds. The molecule has 0 atom stereocenters. The largest absolute Gasteiger partial charge is 0.315 e. The highest BCUT2D eigenvalue weighted by atomic mass is 32.2. The van der Waals surface area contributed by atoms with Gasteiger partial charge in [-0.3, -0.25) is 4.79 Å². The number of benzene rings is 1. The molecule has 0 radical (unpaired) electrons. The first-order chi connectivity index (χ1) is 11.6. The van der Waals surface area contributed by atoms with Crippen LogP contribution in [0.3, 0.4) is 0 Å². The predicted molar refractivity (Wildman–Crippen MR) is 96.3 cm³/mol. The van der Waals surface area contributed by atoms with Crippen LogP contribution < -0.4 is 4.90 Å². The third kappa shape index (κ3) is 3.15. The van der Waals surface area contributed by atoms with Gasteiger partial charge in [0.05, 0.1) is 11.3 Å². The number of aromatic nitrogens is 1. The molecule has 0 unspecified atom stereocenters. The Kier molecular flexibility index (Phi) is 4.86. The molecule has 1 heterocycles. The molecule has 122 valence electrons. The minimum absolute atomic E-state index is 0.00459. The van der Waals surface area contributed by atoms with Crippen LogP contribution >= 0.6 is 11.8 Å². The topological polar surface area (TPSA) is 57.0 Å². The van der Waals surface area contributed by atoms with Gasteiger partial charge in [-0.1, -0.05) is 30.0 Å². The maximum absolute atomic E-state index is 12.4. The van der Waals surface area contributed by atoms with Gasteiger partial charge in [-0.15, -0.1) is 0 Å². The Balaban J connectivity index is 1.76. The van der Waals surface area contributed by atoms with Crippen molar-refractivity contribution < 1.29 is 4.79 Å². The number of nitriles is 1. The molecular weight excluding hydrogens is 318 g/mol. The number of rotatable bonds is 4. The lowest BCUT2D eigenvalue weighted by atomic mass is 10.0. The molecule has 0 spiro atoms. The van der Waals surface area contributed by atoms with E-state index in [0.29, 0.717) is 10.6 Å². The summed E-state index contributed by atoms with van der Waals surface area (Å²) in [5.41, 5.74) is 4.84. The Hall–Kier alpha value is -2.32. The molecule has 0 aliphatic heterocycles. The van der Waals surface area contributed by atoms with Gasteiger partial charge in [0.15, 0.2) is 0 Å². The van der Waals surface area contributed by atoms with E-state index in [1.165, 1.54) is 17.3 Å². The zero-order chi connectivity index (χ0) is 17.1. The van der Waals surface area contributed by atoms with Gasteiger partial charge in [0.2, 0.25) is 5.91 Å². The Bertz CT molecular complexity index is 812. The fourth-order valence-electron chi connectivity index (χ4n) is 3.00. The highest BCUT2D eigenvalue weighted by Gasteiger charge is 2.21. The van der Waals surface area contributed by atoms with Crippen molar-refractivity contribution in [1.82, 2.24) is 4.98 Å². The van der Waals surface area contributed by atoms with Gasteiger partial charge in [0, 0.05) is 18.4 Å². The molecule has 1 aliphatic carbocycles. The van der Waals surface area contributed by atoms with Gasteiger partial charge < -0.3 is 4.90 Å². The summed E-state index contributed by atoms with van der Waals surface area (Å²) < 4.78 is 0. The minimum atomic E-state index is -0.00459. The summed E-state index contributed by atoms with van der Waals surface area (Å²) in [5, 5.41) is 10.2. The van der Waals surface area contributed by atoms with Crippen molar-refractivity contribution in [3.05, 3.63) is 52.7 Å². The van der Waals surface area contributed by atoms with Crippen molar-refractivity contribution in [3.63, 3.8) is 0 Å². The summed E-state index contributed by atoms with van der Waals surface area (Å²) in [5.74, 6) is 0.265. The molecule has 5 heteroatoms. The molecule has 4 nitrogen and oxygen atoms in total. The van der Waals surface area contributed by atoms with E-state index in [4.69, 9.17) is 0 Å². The number of pyridine rings is 1. The molecule has 0 N–H and O–H groups in total. The smallest absolute Gasteiger partial charge is 0.237 e. The third-order valence-electron chi connectivity index (χ3n) is 4.43. The number of fused-ring (bicyclic) bond motifs is 1. The van der Waals surface area contributed by atoms with E-state index in [1.54, 1.807) is 11.9 Å². The molecule has 24 heavy (non-hydrogen) atoms. The molecule has 0 saturated heterocycles. The second kappa shape index (κ2) is 7.06. The summed E-state index contributed by atoms with van der Waals surface area (Å²) in [4.78, 5) is 18.7. The molecular formula is C19H19N3OS. The second-order valence-corrected chi connectivity index (χ2v) is 6.85. The number of hydrogen-bond donors (Lipinski definition) is 0. The fraction of sp³-hybridized carbons (Fsp3) is 0.316. The molecule has 1 aliphatic rings. The van der Waals surface area contributed by atoms with Crippen LogP contribution in [0, 0.1) is 18.3 Å². The molecule has 3 rings (SSSR count). The Morgan fingerprint density at radius 1 is 1.33 bits per heavy atom. The average molecular weight is 337 g/mol. The van der Waals surface area contributed by atoms with Crippen LogP contribution in [0.1, 0.15) is 28.8 Å². The van der Waals surface area contributed by atoms with E-state index in [2.05, 4.69) is 11.1 Å². The van der Waals surface area contributed by atoms with Crippen molar-refractivity contribution in [2.45, 2.75) is 31.2 Å². The van der Waals surface area contributed by atoms with E-state index in [0.717, 1.165) is 36.2 Å². The van der Waals surface area contributed by atoms with Crippen LogP contribution in [-0.4, -0.2) is 23.7 Å². The first-order valence-electron chi connectivity index (χ1n) is 7.98. The van der Waals surface area contributed by atoms with Gasteiger partial charge in [-0.05, 0) is 49.4 Å². The number of anilines is 1. The van der Waals surface area contributed by atoms with Crippen LogP contribution in [0.15, 0.2) is 35.4 Å². The lowest BCUT2D eigenvalue weighted by Gasteiger charge is -2.17. The van der Waals surface area contributed by atoms with Crippen LogP contribution in [-0.2, 0) is 17.6 Å². The van der Waals surface area contributed by atoms with Crippen LogP contribution in [0.4, 0.5) is 5.69 Å². The summed E-state index contributed by atoms with van der Waals surface area (Å²) in [6.07, 6.45) is 3.06. The number of carbonyl (C=O) groups excluding carboxylic acids is 1. The van der Waals surface area contributed by atoms with E-state index in [-0.39, 0.29) is 11.7 Å². The fourth-order valence-corrected chi connectivity index (χ4v) is 3.98. The van der Waals surface area contributed by atoms with Crippen LogP contribution in [0.25, 0.3) is 0 Å². The molecule has 1 aromatic carbocycles. The van der Waals surface area contributed by atoms with Gasteiger partial charge in [0.1, 0.15) is 11.1 Å². The summed E-state index contributed by atoms with van der Waals surface area (Å²) >= 11 is 1.36. The Morgan fingerprint density at radius 2 is 2.08 bits per heavy atom. The Labute approximate surface area is 146 Å². The number of amides is 1. The normalized spacial score (nSPS) is 12.5. The molecule has 0 saturated carbocycles. The highest BCUT2D eigenvalue weighted by molar-refractivity contribution is 8.00. The van der Waals surface area contributed by atoms with Crippen molar-refractivity contribution in [2.75, 3.05) is 17.7 Å². The lowest BCUT2D eigenvalue weighted by Crippen LogP contribution is -2.27. The minimum Gasteiger partial charge on any atom is -0.315 e. The maximum atomic E-state index is 12.4. The second-order valence-electron chi connectivity index (χ2n) is 5.88. The summed E-state index contributed by atoms with van der Waals surface area (Å²) in [7, 11) is 1.77. The Morgan fingerprint density at radius 3 is 2.79 bits per heavy atom. The van der Waals surface area contributed by atoms with Gasteiger partial charge in [-0.2, -0.15) is 5.26 Å². The first-order valence-corrected chi connectivity index (χ1v) is 8.97. The third-order valence-corrected chi connectivity index (χ3v) is 5.39. The van der Waals surface area contributed by atoms with Gasteiger partial charge >= 0.3 is 0 Å². The summed E-state index contributed by atoms with van der Waals surface area (Å²) in [6.45, 7) is 1.99. The summed E-state index contributed by atoms with van der Waals surface area (Å²) in [6, 6.07) is 11.8. The average Bonchev–Trinajstić information content (AvgIpc) is 3.08. The molecule has 1 aromatic heterocycles. The zero-order valence-corrected chi connectivity index (χ0v) is 14.7. The number of hydrogen-bond acceptors (Lipinski definition) is 4. The van der Waals surface area contributed by atoms with E-state index in [1.807, 2.05) is 37.3 Å². The van der Waals surface area contributed by atoms with Crippen molar-refractivity contribution in [1.29, 1.82) is 5.26 Å². The number of nitrogens with zero attached hydrogens (tertiary/aromatic N) is 3. The number of carbonyl (C=O) groups is 1. The van der Waals surface area contributed by atoms with E-state index >= 15 is 0 Å². The SMILES string of the molecule is Cc1c(C#N)c(SCC(=O)N(C)c2ccccc2)nc2c1CCC2. The monoisotopic (exact) mass is 337 g/mol. The van der Waals surface area contributed by atoms with E-state index in [9.17, 15) is 10.1 Å². The zero-order valence-electron chi connectivity index (χ0n) is 13.9. The molecule has 0 fully saturated rings. The van der Waals surface area contributed by atoms with Crippen molar-refractivity contribution >= 4 is 23.4 Å². The van der Waals surface area contributed by atoms with Crippen LogP contribution in [0.2, 0.25) is 0 Å². The number of aryl methyl sites for hydroxylation is 1. The van der Waals surface area contributed by atoms with Gasteiger partial charge in [-0.25, -0.2) is 4.98 Å². The van der Waals surface area contributed by atoms with Crippen LogP contribution in [0.5, 0.6) is 0 Å². The number of thioether (sulfide) groups is 1. The van der Waals surface area contributed by atoms with Gasteiger partial charge in [0.25, 0.3) is 0 Å². The lowest BCUT2D eigenvalue weighted by molar-refractivity contribution is -0.115. The van der Waals surface area contributed by atoms with E-state index < -0.39 is 0 Å². The molecule has 0 bridgehead atoms. The standard InChI is InChI=1S/C19H19N3OS/c1-13-15-9-6-10-17(15)21-19(16(13)11-20)24-12-18(23)22(2)14-7-4-3-5-8-14/h3-5,7-8H,6,9-10,12H2,1-2H3. The first kappa shape index (κ1) is 16.5. The van der Waals surface area contributed by atoms with Crippen molar-refractivity contribution in [2.24, 2.45) is 0 Å².